The maximum Gasteiger partial charge on any atom is 0.225 e. The quantitative estimate of drug-likeness (QED) is 0.508. The largest absolute Gasteiger partial charge is 0.389 e. The summed E-state index contributed by atoms with van der Waals surface area (Å²) >= 11 is 0. The third-order valence-corrected chi connectivity index (χ3v) is 2.22. The zero-order valence-corrected chi connectivity index (χ0v) is 8.66. The fourth-order valence-corrected chi connectivity index (χ4v) is 1.40. The Morgan fingerprint density at radius 1 is 1.80 bits per heavy atom. The lowest BCUT2D eigenvalue weighted by molar-refractivity contribution is -0.127. The van der Waals surface area contributed by atoms with Gasteiger partial charge in [0, 0.05) is 26.6 Å². The number of hydrogen-bond donors (Lipinski definition) is 3. The SMILES string of the molecule is COCC(O)CNC(=O)C1CNC(=O)C1. The molecule has 2 atom stereocenters. The number of carbonyl (C=O) groups is 2. The normalized spacial score (nSPS) is 22.3. The first-order valence-electron chi connectivity index (χ1n) is 4.85. The van der Waals surface area contributed by atoms with E-state index in [-0.39, 0.29) is 37.3 Å². The lowest BCUT2D eigenvalue weighted by Crippen LogP contribution is -2.38. The lowest BCUT2D eigenvalue weighted by Gasteiger charge is -2.12. The van der Waals surface area contributed by atoms with Crippen LogP contribution in [0.2, 0.25) is 0 Å². The molecule has 86 valence electrons. The average molecular weight is 216 g/mol. The van der Waals surface area contributed by atoms with Crippen molar-refractivity contribution in [1.82, 2.24) is 10.6 Å². The van der Waals surface area contributed by atoms with Crippen LogP contribution in [0.25, 0.3) is 0 Å². The maximum atomic E-state index is 11.4. The van der Waals surface area contributed by atoms with E-state index in [4.69, 9.17) is 4.74 Å². The molecule has 1 rings (SSSR count). The summed E-state index contributed by atoms with van der Waals surface area (Å²) in [4.78, 5) is 22.3. The Hall–Kier alpha value is -1.14. The minimum absolute atomic E-state index is 0.104. The zero-order valence-electron chi connectivity index (χ0n) is 8.66. The van der Waals surface area contributed by atoms with Crippen LogP contribution < -0.4 is 10.6 Å². The van der Waals surface area contributed by atoms with Crippen molar-refractivity contribution < 1.29 is 19.4 Å². The number of carbonyl (C=O) groups excluding carboxylic acids is 2. The van der Waals surface area contributed by atoms with Crippen LogP contribution in [0, 0.1) is 5.92 Å². The molecule has 0 aromatic carbocycles. The molecule has 0 aromatic rings. The highest BCUT2D eigenvalue weighted by Crippen LogP contribution is 2.08. The standard InChI is InChI=1S/C9H16N2O4/c1-15-5-7(12)4-11-9(14)6-2-8(13)10-3-6/h6-7,12H,2-5H2,1H3,(H,10,13)(H,11,14). The van der Waals surface area contributed by atoms with E-state index in [0.29, 0.717) is 6.54 Å². The summed E-state index contributed by atoms with van der Waals surface area (Å²) in [6.07, 6.45) is -0.476. The predicted octanol–water partition coefficient (Wildman–Crippen LogP) is -1.75. The van der Waals surface area contributed by atoms with Gasteiger partial charge in [0.1, 0.15) is 0 Å². The van der Waals surface area contributed by atoms with Gasteiger partial charge in [-0.1, -0.05) is 0 Å². The molecule has 2 unspecified atom stereocenters. The number of methoxy groups -OCH3 is 1. The van der Waals surface area contributed by atoms with E-state index in [1.807, 2.05) is 0 Å². The molecule has 15 heavy (non-hydrogen) atoms. The van der Waals surface area contributed by atoms with Gasteiger partial charge in [-0.15, -0.1) is 0 Å². The molecule has 6 nitrogen and oxygen atoms in total. The molecule has 1 saturated heterocycles. The first-order chi connectivity index (χ1) is 7.13. The van der Waals surface area contributed by atoms with Crippen molar-refractivity contribution >= 4 is 11.8 Å². The number of aliphatic hydroxyl groups is 1. The lowest BCUT2D eigenvalue weighted by atomic mass is 10.1. The van der Waals surface area contributed by atoms with Gasteiger partial charge < -0.3 is 20.5 Å². The molecule has 1 aliphatic rings. The van der Waals surface area contributed by atoms with Gasteiger partial charge in [0.2, 0.25) is 11.8 Å². The molecule has 0 aliphatic carbocycles. The monoisotopic (exact) mass is 216 g/mol. The van der Waals surface area contributed by atoms with E-state index in [9.17, 15) is 14.7 Å². The smallest absolute Gasteiger partial charge is 0.225 e. The number of ether oxygens (including phenoxy) is 1. The molecule has 0 spiro atoms. The van der Waals surface area contributed by atoms with Crippen molar-refractivity contribution in [2.45, 2.75) is 12.5 Å². The molecule has 1 heterocycles. The van der Waals surface area contributed by atoms with Gasteiger partial charge in [-0.3, -0.25) is 9.59 Å². The van der Waals surface area contributed by atoms with Gasteiger partial charge in [0.15, 0.2) is 0 Å². The summed E-state index contributed by atoms with van der Waals surface area (Å²) in [5, 5.41) is 14.4. The number of hydrogen-bond acceptors (Lipinski definition) is 4. The summed E-state index contributed by atoms with van der Waals surface area (Å²) in [5.41, 5.74) is 0. The van der Waals surface area contributed by atoms with E-state index in [0.717, 1.165) is 0 Å². The van der Waals surface area contributed by atoms with Crippen molar-refractivity contribution in [2.24, 2.45) is 5.92 Å². The van der Waals surface area contributed by atoms with Gasteiger partial charge in [-0.25, -0.2) is 0 Å². The summed E-state index contributed by atoms with van der Waals surface area (Å²) in [6.45, 7) is 0.713. The Labute approximate surface area is 88.0 Å². The van der Waals surface area contributed by atoms with Crippen LogP contribution in [0.4, 0.5) is 0 Å². The van der Waals surface area contributed by atoms with Crippen molar-refractivity contribution in [3.8, 4) is 0 Å². The number of nitrogens with one attached hydrogen (secondary N) is 2. The molecule has 2 amide bonds. The van der Waals surface area contributed by atoms with Crippen LogP contribution in [0.15, 0.2) is 0 Å². The molecule has 0 aromatic heterocycles. The van der Waals surface area contributed by atoms with E-state index in [1.165, 1.54) is 7.11 Å². The van der Waals surface area contributed by atoms with E-state index >= 15 is 0 Å². The third-order valence-electron chi connectivity index (χ3n) is 2.22. The number of amides is 2. The van der Waals surface area contributed by atoms with Gasteiger partial charge in [-0.2, -0.15) is 0 Å². The minimum atomic E-state index is -0.705. The summed E-state index contributed by atoms with van der Waals surface area (Å²) in [7, 11) is 1.48. The highest BCUT2D eigenvalue weighted by Gasteiger charge is 2.27. The second-order valence-electron chi connectivity index (χ2n) is 3.56. The topological polar surface area (TPSA) is 87.7 Å². The molecule has 6 heteroatoms. The number of rotatable bonds is 5. The van der Waals surface area contributed by atoms with Crippen LogP contribution in [-0.2, 0) is 14.3 Å². The predicted molar refractivity (Wildman–Crippen MR) is 52.0 cm³/mol. The van der Waals surface area contributed by atoms with Crippen LogP contribution in [0.5, 0.6) is 0 Å². The Morgan fingerprint density at radius 2 is 2.53 bits per heavy atom. The summed E-state index contributed by atoms with van der Waals surface area (Å²) in [6, 6.07) is 0. The second kappa shape index (κ2) is 5.67. The highest BCUT2D eigenvalue weighted by molar-refractivity contribution is 5.89. The maximum absolute atomic E-state index is 11.4. The molecule has 1 aliphatic heterocycles. The molecular formula is C9H16N2O4. The van der Waals surface area contributed by atoms with Gasteiger partial charge in [0.25, 0.3) is 0 Å². The molecule has 1 fully saturated rings. The first-order valence-corrected chi connectivity index (χ1v) is 4.85. The van der Waals surface area contributed by atoms with Crippen LogP contribution in [0.3, 0.4) is 0 Å². The first kappa shape index (κ1) is 11.9. The van der Waals surface area contributed by atoms with Gasteiger partial charge in [0.05, 0.1) is 18.6 Å². The Kier molecular flexibility index (Phi) is 4.51. The average Bonchev–Trinajstić information content (AvgIpc) is 2.62. The minimum Gasteiger partial charge on any atom is -0.389 e. The molecule has 0 bridgehead atoms. The van der Waals surface area contributed by atoms with Crippen LogP contribution >= 0.6 is 0 Å². The van der Waals surface area contributed by atoms with Crippen molar-refractivity contribution in [2.75, 3.05) is 26.8 Å². The van der Waals surface area contributed by atoms with Crippen molar-refractivity contribution in [1.29, 1.82) is 0 Å². The van der Waals surface area contributed by atoms with E-state index in [1.54, 1.807) is 0 Å². The number of aliphatic hydroxyl groups excluding tert-OH is 1. The van der Waals surface area contributed by atoms with Crippen LogP contribution in [0.1, 0.15) is 6.42 Å². The Balaban J connectivity index is 2.21. The summed E-state index contributed by atoms with van der Waals surface area (Å²) in [5.74, 6) is -0.622. The van der Waals surface area contributed by atoms with Crippen LogP contribution in [-0.4, -0.2) is 49.8 Å². The molecular weight excluding hydrogens is 200 g/mol. The molecule has 0 radical (unpaired) electrons. The van der Waals surface area contributed by atoms with E-state index in [2.05, 4.69) is 10.6 Å². The van der Waals surface area contributed by atoms with Crippen molar-refractivity contribution in [3.63, 3.8) is 0 Å². The zero-order chi connectivity index (χ0) is 11.3. The second-order valence-corrected chi connectivity index (χ2v) is 3.56. The van der Waals surface area contributed by atoms with Crippen molar-refractivity contribution in [3.05, 3.63) is 0 Å². The summed E-state index contributed by atoms with van der Waals surface area (Å²) < 4.78 is 4.71. The third kappa shape index (κ3) is 3.85. The fourth-order valence-electron chi connectivity index (χ4n) is 1.40. The molecule has 0 saturated carbocycles. The van der Waals surface area contributed by atoms with Gasteiger partial charge in [-0.05, 0) is 0 Å². The Morgan fingerprint density at radius 3 is 3.07 bits per heavy atom. The van der Waals surface area contributed by atoms with E-state index < -0.39 is 6.10 Å². The highest BCUT2D eigenvalue weighted by atomic mass is 16.5. The fraction of sp³-hybridized carbons (Fsp3) is 0.778. The van der Waals surface area contributed by atoms with Gasteiger partial charge >= 0.3 is 0 Å². The molecule has 3 N–H and O–H groups in total. The Bertz CT molecular complexity index is 244.